The molecule has 0 spiro atoms. The Morgan fingerprint density at radius 2 is 1.55 bits per heavy atom. The molecule has 0 saturated heterocycles. The summed E-state index contributed by atoms with van der Waals surface area (Å²) in [6.07, 6.45) is 4.01. The molecular formula is C28H25N3. The molecule has 0 atom stereocenters. The molecule has 6 rings (SSSR count). The van der Waals surface area contributed by atoms with E-state index in [0.29, 0.717) is 6.04 Å². The van der Waals surface area contributed by atoms with Gasteiger partial charge in [-0.05, 0) is 70.0 Å². The first-order valence-electron chi connectivity index (χ1n) is 11.0. The van der Waals surface area contributed by atoms with Gasteiger partial charge in [0, 0.05) is 12.6 Å². The van der Waals surface area contributed by atoms with Crippen LogP contribution in [0.4, 0.5) is 0 Å². The predicted molar refractivity (Wildman–Crippen MR) is 128 cm³/mol. The Balaban J connectivity index is 1.34. The zero-order valence-electron chi connectivity index (χ0n) is 17.7. The number of nitrogens with zero attached hydrogens (tertiary/aromatic N) is 1. The topological polar surface area (TPSA) is 40.7 Å². The van der Waals surface area contributed by atoms with Crippen LogP contribution in [0.2, 0.25) is 0 Å². The van der Waals surface area contributed by atoms with Crippen LogP contribution in [0, 0.1) is 6.92 Å². The van der Waals surface area contributed by atoms with E-state index >= 15 is 0 Å². The number of rotatable bonds is 4. The van der Waals surface area contributed by atoms with Gasteiger partial charge in [0.2, 0.25) is 0 Å². The van der Waals surface area contributed by atoms with Gasteiger partial charge in [-0.15, -0.1) is 0 Å². The van der Waals surface area contributed by atoms with Gasteiger partial charge in [0.05, 0.1) is 17.4 Å². The highest BCUT2D eigenvalue weighted by molar-refractivity contribution is 6.01. The maximum atomic E-state index is 4.40. The summed E-state index contributed by atoms with van der Waals surface area (Å²) in [5.41, 5.74) is 10.3. The van der Waals surface area contributed by atoms with E-state index in [0.717, 1.165) is 30.4 Å². The van der Waals surface area contributed by atoms with Gasteiger partial charge in [0.25, 0.3) is 0 Å². The van der Waals surface area contributed by atoms with Gasteiger partial charge in [-0.3, -0.25) is 0 Å². The van der Waals surface area contributed by atoms with Crippen molar-refractivity contribution >= 4 is 21.8 Å². The lowest BCUT2D eigenvalue weighted by atomic mass is 9.92. The van der Waals surface area contributed by atoms with Crippen molar-refractivity contribution in [1.82, 2.24) is 15.3 Å². The largest absolute Gasteiger partial charge is 0.344 e. The Bertz CT molecular complexity index is 1390. The normalized spacial score (nSPS) is 13.8. The molecule has 0 bridgehead atoms. The molecular weight excluding hydrogens is 378 g/mol. The molecule has 3 heteroatoms. The van der Waals surface area contributed by atoms with E-state index in [1.807, 2.05) is 0 Å². The molecule has 1 aliphatic carbocycles. The summed E-state index contributed by atoms with van der Waals surface area (Å²) < 4.78 is 0. The molecule has 0 unspecified atom stereocenters. The Morgan fingerprint density at radius 3 is 2.35 bits per heavy atom. The van der Waals surface area contributed by atoms with Gasteiger partial charge >= 0.3 is 0 Å². The molecule has 2 N–H and O–H groups in total. The van der Waals surface area contributed by atoms with Crippen LogP contribution < -0.4 is 5.32 Å². The quantitative estimate of drug-likeness (QED) is 0.389. The fourth-order valence-corrected chi connectivity index (χ4v) is 5.15. The van der Waals surface area contributed by atoms with Crippen LogP contribution >= 0.6 is 0 Å². The molecule has 3 nitrogen and oxygen atoms in total. The van der Waals surface area contributed by atoms with E-state index in [9.17, 15) is 0 Å². The summed E-state index contributed by atoms with van der Waals surface area (Å²) in [6.45, 7) is 3.07. The van der Waals surface area contributed by atoms with Gasteiger partial charge in [-0.2, -0.15) is 0 Å². The third-order valence-corrected chi connectivity index (χ3v) is 6.79. The van der Waals surface area contributed by atoms with Crippen molar-refractivity contribution < 1.29 is 0 Å². The maximum absolute atomic E-state index is 4.40. The predicted octanol–water partition coefficient (Wildman–Crippen LogP) is 5.95. The number of hydrogen-bond donors (Lipinski definition) is 2. The average Bonchev–Trinajstić information content (AvgIpc) is 3.45. The van der Waals surface area contributed by atoms with E-state index < -0.39 is 0 Å². The summed E-state index contributed by atoms with van der Waals surface area (Å²) in [5, 5.41) is 6.45. The summed E-state index contributed by atoms with van der Waals surface area (Å²) in [6, 6.07) is 27.0. The van der Waals surface area contributed by atoms with Crippen molar-refractivity contribution in [2.45, 2.75) is 32.4 Å². The Kier molecular flexibility index (Phi) is 4.36. The molecule has 1 heterocycles. The minimum Gasteiger partial charge on any atom is -0.344 e. The number of aromatic nitrogens is 2. The number of nitrogens with one attached hydrogen (secondary N) is 2. The first kappa shape index (κ1) is 18.3. The second-order valence-corrected chi connectivity index (χ2v) is 8.61. The number of aromatic amines is 1. The van der Waals surface area contributed by atoms with Crippen LogP contribution in [0.25, 0.3) is 32.9 Å². The Hall–Kier alpha value is -3.43. The van der Waals surface area contributed by atoms with Crippen LogP contribution in [0.5, 0.6) is 0 Å². The third kappa shape index (κ3) is 3.13. The highest BCUT2D eigenvalue weighted by Crippen LogP contribution is 2.35. The van der Waals surface area contributed by atoms with Crippen LogP contribution in [0.15, 0.2) is 79.1 Å². The summed E-state index contributed by atoms with van der Waals surface area (Å²) in [5.74, 6) is 0. The third-order valence-electron chi connectivity index (χ3n) is 6.79. The number of hydrogen-bond acceptors (Lipinski definition) is 2. The number of benzene rings is 4. The summed E-state index contributed by atoms with van der Waals surface area (Å²) in [7, 11) is 0. The van der Waals surface area contributed by atoms with E-state index in [1.54, 1.807) is 6.33 Å². The van der Waals surface area contributed by atoms with Crippen LogP contribution in [-0.4, -0.2) is 16.0 Å². The van der Waals surface area contributed by atoms with Crippen molar-refractivity contribution in [3.05, 3.63) is 101 Å². The van der Waals surface area contributed by atoms with Gasteiger partial charge in [0.1, 0.15) is 0 Å². The van der Waals surface area contributed by atoms with E-state index in [-0.39, 0.29) is 0 Å². The SMILES string of the molecule is Cc1c(-c2ccc(CNC3Cc4ccccc4C3)c3ccccc23)ccc2nc[nH]c12. The van der Waals surface area contributed by atoms with Crippen molar-refractivity contribution in [3.63, 3.8) is 0 Å². The van der Waals surface area contributed by atoms with Crippen molar-refractivity contribution in [1.29, 1.82) is 0 Å². The van der Waals surface area contributed by atoms with Gasteiger partial charge in [0.15, 0.2) is 0 Å². The lowest BCUT2D eigenvalue weighted by Crippen LogP contribution is -2.29. The van der Waals surface area contributed by atoms with E-state index in [2.05, 4.69) is 95.0 Å². The van der Waals surface area contributed by atoms with Crippen LogP contribution in [0.1, 0.15) is 22.3 Å². The van der Waals surface area contributed by atoms with Crippen molar-refractivity contribution in [3.8, 4) is 11.1 Å². The molecule has 31 heavy (non-hydrogen) atoms. The van der Waals surface area contributed by atoms with Crippen molar-refractivity contribution in [2.75, 3.05) is 0 Å². The zero-order chi connectivity index (χ0) is 20.8. The number of H-pyrrole nitrogens is 1. The Morgan fingerprint density at radius 1 is 0.839 bits per heavy atom. The number of imidazole rings is 1. The molecule has 0 fully saturated rings. The molecule has 0 radical (unpaired) electrons. The van der Waals surface area contributed by atoms with Crippen molar-refractivity contribution in [2.24, 2.45) is 0 Å². The Labute approximate surface area is 182 Å². The summed E-state index contributed by atoms with van der Waals surface area (Å²) in [4.78, 5) is 7.70. The molecule has 4 aromatic carbocycles. The smallest absolute Gasteiger partial charge is 0.0931 e. The van der Waals surface area contributed by atoms with Crippen LogP contribution in [-0.2, 0) is 19.4 Å². The fraction of sp³-hybridized carbons (Fsp3) is 0.179. The summed E-state index contributed by atoms with van der Waals surface area (Å²) >= 11 is 0. The number of fused-ring (bicyclic) bond motifs is 3. The minimum atomic E-state index is 0.515. The molecule has 5 aromatic rings. The number of aryl methyl sites for hydroxylation is 1. The zero-order valence-corrected chi connectivity index (χ0v) is 17.7. The van der Waals surface area contributed by atoms with E-state index in [1.165, 1.54) is 44.2 Å². The second kappa shape index (κ2) is 7.36. The van der Waals surface area contributed by atoms with Gasteiger partial charge < -0.3 is 10.3 Å². The molecule has 0 aliphatic heterocycles. The second-order valence-electron chi connectivity index (χ2n) is 8.61. The fourth-order valence-electron chi connectivity index (χ4n) is 5.15. The monoisotopic (exact) mass is 403 g/mol. The van der Waals surface area contributed by atoms with Gasteiger partial charge in [-0.1, -0.05) is 66.7 Å². The molecule has 152 valence electrons. The molecule has 1 aromatic heterocycles. The standard InChI is InChI=1S/C28H25N3/c1-18-23(12-13-27-28(18)31-17-30-27)26-11-10-21(24-8-4-5-9-25(24)26)16-29-22-14-19-6-2-3-7-20(19)15-22/h2-13,17,22,29H,14-16H2,1H3,(H,30,31). The maximum Gasteiger partial charge on any atom is 0.0931 e. The van der Waals surface area contributed by atoms with Gasteiger partial charge in [-0.25, -0.2) is 4.98 Å². The lowest BCUT2D eigenvalue weighted by Gasteiger charge is -2.16. The highest BCUT2D eigenvalue weighted by atomic mass is 14.9. The van der Waals surface area contributed by atoms with Crippen LogP contribution in [0.3, 0.4) is 0 Å². The molecule has 1 aliphatic rings. The lowest BCUT2D eigenvalue weighted by molar-refractivity contribution is 0.534. The first-order chi connectivity index (χ1) is 15.3. The first-order valence-corrected chi connectivity index (χ1v) is 11.0. The molecule has 0 amide bonds. The van der Waals surface area contributed by atoms with E-state index in [4.69, 9.17) is 0 Å². The average molecular weight is 404 g/mol. The minimum absolute atomic E-state index is 0.515. The molecule has 0 saturated carbocycles. The highest BCUT2D eigenvalue weighted by Gasteiger charge is 2.20.